The summed E-state index contributed by atoms with van der Waals surface area (Å²) in [6, 6.07) is 4.32. The highest BCUT2D eigenvalue weighted by Crippen LogP contribution is 2.28. The number of carbonyl (C=O) groups is 1. The third-order valence-corrected chi connectivity index (χ3v) is 4.51. The predicted molar refractivity (Wildman–Crippen MR) is 79.4 cm³/mol. The van der Waals surface area contributed by atoms with Crippen molar-refractivity contribution in [2.24, 2.45) is 5.92 Å². The van der Waals surface area contributed by atoms with Crippen LogP contribution in [0.25, 0.3) is 0 Å². The lowest BCUT2D eigenvalue weighted by Gasteiger charge is -2.19. The monoisotopic (exact) mass is 273 g/mol. The van der Waals surface area contributed by atoms with E-state index in [1.54, 1.807) is 6.20 Å². The number of nitrogens with one attached hydrogen (secondary N) is 1. The summed E-state index contributed by atoms with van der Waals surface area (Å²) in [7, 11) is 0. The molecule has 2 heterocycles. The van der Waals surface area contributed by atoms with Crippen LogP contribution in [0.15, 0.2) is 24.5 Å². The molecular weight excluding hydrogens is 250 g/mol. The van der Waals surface area contributed by atoms with E-state index in [4.69, 9.17) is 0 Å². The average molecular weight is 273 g/mol. The van der Waals surface area contributed by atoms with Crippen LogP contribution < -0.4 is 5.32 Å². The van der Waals surface area contributed by atoms with E-state index < -0.39 is 0 Å². The van der Waals surface area contributed by atoms with Crippen LogP contribution in [0.1, 0.15) is 38.5 Å². The van der Waals surface area contributed by atoms with Gasteiger partial charge in [0.25, 0.3) is 0 Å². The Balaban J connectivity index is 1.47. The molecule has 1 amide bonds. The molecule has 1 aromatic rings. The summed E-state index contributed by atoms with van der Waals surface area (Å²) >= 11 is 0. The predicted octanol–water partition coefficient (Wildman–Crippen LogP) is 2.67. The number of aromatic nitrogens is 1. The topological polar surface area (TPSA) is 45.2 Å². The van der Waals surface area contributed by atoms with Crippen LogP contribution in [0.5, 0.6) is 0 Å². The van der Waals surface area contributed by atoms with Crippen molar-refractivity contribution in [3.8, 4) is 0 Å². The maximum Gasteiger partial charge on any atom is 0.222 e. The summed E-state index contributed by atoms with van der Waals surface area (Å²) < 4.78 is 0. The molecule has 2 fully saturated rings. The summed E-state index contributed by atoms with van der Waals surface area (Å²) in [6.07, 6.45) is 10.5. The highest BCUT2D eigenvalue weighted by atomic mass is 16.2. The largest absolute Gasteiger partial charge is 0.379 e. The Kier molecular flexibility index (Phi) is 4.19. The van der Waals surface area contributed by atoms with Gasteiger partial charge < -0.3 is 10.2 Å². The van der Waals surface area contributed by atoms with Crippen molar-refractivity contribution in [1.82, 2.24) is 9.88 Å². The van der Waals surface area contributed by atoms with E-state index in [1.807, 2.05) is 23.2 Å². The number of hydrogen-bond donors (Lipinski definition) is 1. The van der Waals surface area contributed by atoms with Crippen LogP contribution >= 0.6 is 0 Å². The molecule has 20 heavy (non-hydrogen) atoms. The Morgan fingerprint density at radius 3 is 2.95 bits per heavy atom. The Labute approximate surface area is 120 Å². The summed E-state index contributed by atoms with van der Waals surface area (Å²) in [5.41, 5.74) is 1.04. The molecule has 0 spiro atoms. The lowest BCUT2D eigenvalue weighted by Crippen LogP contribution is -2.32. The quantitative estimate of drug-likeness (QED) is 0.917. The van der Waals surface area contributed by atoms with E-state index >= 15 is 0 Å². The molecule has 0 aromatic carbocycles. The van der Waals surface area contributed by atoms with E-state index in [-0.39, 0.29) is 0 Å². The minimum absolute atomic E-state index is 0.354. The van der Waals surface area contributed by atoms with Crippen molar-refractivity contribution in [3.05, 3.63) is 24.5 Å². The first kappa shape index (κ1) is 13.4. The number of hydrogen-bond acceptors (Lipinski definition) is 3. The number of likely N-dealkylation sites (tertiary alicyclic amines) is 1. The Hall–Kier alpha value is -1.58. The van der Waals surface area contributed by atoms with Crippen molar-refractivity contribution in [1.29, 1.82) is 0 Å². The minimum Gasteiger partial charge on any atom is -0.379 e. The molecule has 1 aromatic heterocycles. The molecule has 1 N–H and O–H groups in total. The van der Waals surface area contributed by atoms with Gasteiger partial charge in [0, 0.05) is 37.9 Å². The molecule has 1 aliphatic carbocycles. The molecule has 108 valence electrons. The first-order valence-corrected chi connectivity index (χ1v) is 7.75. The average Bonchev–Trinajstić information content (AvgIpc) is 3.11. The van der Waals surface area contributed by atoms with E-state index in [1.165, 1.54) is 25.7 Å². The highest BCUT2D eigenvalue weighted by molar-refractivity contribution is 5.77. The first-order chi connectivity index (χ1) is 9.81. The van der Waals surface area contributed by atoms with Crippen LogP contribution in [0.3, 0.4) is 0 Å². The standard InChI is InChI=1S/C16H23N3O/c20-16(10-13-4-1-2-5-13)19-9-7-15(12-19)18-14-6-3-8-17-11-14/h3,6,8,11,13,15,18H,1-2,4-5,7,9-10,12H2/t15-/m0/s1. The molecule has 0 bridgehead atoms. The molecule has 1 atom stereocenters. The molecule has 1 saturated heterocycles. The fourth-order valence-electron chi connectivity index (χ4n) is 3.38. The molecule has 2 aliphatic rings. The van der Waals surface area contributed by atoms with Crippen molar-refractivity contribution in [2.45, 2.75) is 44.6 Å². The number of carbonyl (C=O) groups excluding carboxylic acids is 1. The normalized spacial score (nSPS) is 23.2. The third-order valence-electron chi connectivity index (χ3n) is 4.51. The minimum atomic E-state index is 0.354. The Bertz CT molecular complexity index is 442. The zero-order valence-electron chi connectivity index (χ0n) is 11.9. The molecule has 0 unspecified atom stereocenters. The number of nitrogens with zero attached hydrogens (tertiary/aromatic N) is 2. The second kappa shape index (κ2) is 6.25. The van der Waals surface area contributed by atoms with Gasteiger partial charge in [-0.3, -0.25) is 9.78 Å². The fourth-order valence-corrected chi connectivity index (χ4v) is 3.38. The molecule has 0 radical (unpaired) electrons. The van der Waals surface area contributed by atoms with E-state index in [0.29, 0.717) is 17.9 Å². The molecule has 3 rings (SSSR count). The summed E-state index contributed by atoms with van der Waals surface area (Å²) in [4.78, 5) is 18.4. The van der Waals surface area contributed by atoms with Gasteiger partial charge in [0.05, 0.1) is 5.69 Å². The SMILES string of the molecule is O=C(CC1CCCC1)N1CC[C@H](Nc2cccnc2)C1. The molecule has 4 heteroatoms. The van der Waals surface area contributed by atoms with Gasteiger partial charge in [-0.25, -0.2) is 0 Å². The van der Waals surface area contributed by atoms with Gasteiger partial charge in [0.2, 0.25) is 5.91 Å². The van der Waals surface area contributed by atoms with E-state index in [9.17, 15) is 4.79 Å². The number of amides is 1. The molecular formula is C16H23N3O. The second-order valence-electron chi connectivity index (χ2n) is 6.07. The summed E-state index contributed by atoms with van der Waals surface area (Å²) in [6.45, 7) is 1.73. The third kappa shape index (κ3) is 3.30. The number of rotatable bonds is 4. The van der Waals surface area contributed by atoms with Crippen molar-refractivity contribution >= 4 is 11.6 Å². The van der Waals surface area contributed by atoms with Gasteiger partial charge >= 0.3 is 0 Å². The van der Waals surface area contributed by atoms with Crippen LogP contribution in [-0.2, 0) is 4.79 Å². The van der Waals surface area contributed by atoms with Crippen molar-refractivity contribution in [2.75, 3.05) is 18.4 Å². The van der Waals surface area contributed by atoms with Crippen LogP contribution in [-0.4, -0.2) is 34.9 Å². The lowest BCUT2D eigenvalue weighted by atomic mass is 10.0. The maximum absolute atomic E-state index is 12.3. The van der Waals surface area contributed by atoms with Gasteiger partial charge in [-0.2, -0.15) is 0 Å². The van der Waals surface area contributed by atoms with Crippen molar-refractivity contribution in [3.63, 3.8) is 0 Å². The summed E-state index contributed by atoms with van der Waals surface area (Å²) in [5.74, 6) is 1.00. The van der Waals surface area contributed by atoms with Crippen LogP contribution in [0.4, 0.5) is 5.69 Å². The molecule has 4 nitrogen and oxygen atoms in total. The Morgan fingerprint density at radius 1 is 1.35 bits per heavy atom. The Morgan fingerprint density at radius 2 is 2.20 bits per heavy atom. The zero-order valence-corrected chi connectivity index (χ0v) is 11.9. The van der Waals surface area contributed by atoms with Gasteiger partial charge in [-0.15, -0.1) is 0 Å². The van der Waals surface area contributed by atoms with Crippen LogP contribution in [0, 0.1) is 5.92 Å². The fraction of sp³-hybridized carbons (Fsp3) is 0.625. The van der Waals surface area contributed by atoms with Gasteiger partial charge in [0.1, 0.15) is 0 Å². The molecule has 1 aliphatic heterocycles. The van der Waals surface area contributed by atoms with Gasteiger partial charge in [-0.1, -0.05) is 12.8 Å². The second-order valence-corrected chi connectivity index (χ2v) is 6.07. The van der Waals surface area contributed by atoms with Crippen molar-refractivity contribution < 1.29 is 4.79 Å². The summed E-state index contributed by atoms with van der Waals surface area (Å²) in [5, 5.41) is 3.46. The smallest absolute Gasteiger partial charge is 0.222 e. The molecule has 1 saturated carbocycles. The maximum atomic E-state index is 12.3. The van der Waals surface area contributed by atoms with Gasteiger partial charge in [0.15, 0.2) is 0 Å². The first-order valence-electron chi connectivity index (χ1n) is 7.75. The zero-order chi connectivity index (χ0) is 13.8. The van der Waals surface area contributed by atoms with Gasteiger partial charge in [-0.05, 0) is 37.3 Å². The van der Waals surface area contributed by atoms with Crippen LogP contribution in [0.2, 0.25) is 0 Å². The van der Waals surface area contributed by atoms with E-state index in [2.05, 4.69) is 10.3 Å². The highest BCUT2D eigenvalue weighted by Gasteiger charge is 2.28. The number of pyridine rings is 1. The number of anilines is 1. The van der Waals surface area contributed by atoms with E-state index in [0.717, 1.165) is 31.6 Å². The lowest BCUT2D eigenvalue weighted by molar-refractivity contribution is -0.131.